The highest BCUT2D eigenvalue weighted by molar-refractivity contribution is 7.26. The minimum Gasteiger partial charge on any atom is -0.398 e. The average Bonchev–Trinajstić information content (AvgIpc) is 3.84. The number of benzene rings is 5. The second-order valence-electron chi connectivity index (χ2n) is 19.6. The molecule has 3 aliphatic heterocycles. The molecule has 5 aliphatic rings. The quantitative estimate of drug-likeness (QED) is 0.154. The van der Waals surface area contributed by atoms with Crippen molar-refractivity contribution in [1.82, 2.24) is 0 Å². The van der Waals surface area contributed by atoms with Gasteiger partial charge in [0.1, 0.15) is 0 Å². The Bertz CT molecular complexity index is 2960. The molecule has 2 aromatic heterocycles. The molecule has 0 amide bonds. The number of hydrogen-bond donors (Lipinski definition) is 0. The van der Waals surface area contributed by atoms with E-state index in [9.17, 15) is 0 Å². The van der Waals surface area contributed by atoms with Crippen molar-refractivity contribution in [3.63, 3.8) is 0 Å². The maximum Gasteiger partial charge on any atom is 0.329 e. The van der Waals surface area contributed by atoms with Gasteiger partial charge in [-0.05, 0) is 105 Å². The van der Waals surface area contributed by atoms with E-state index in [-0.39, 0.29) is 29.1 Å². The first-order valence-corrected chi connectivity index (χ1v) is 22.2. The van der Waals surface area contributed by atoms with Crippen LogP contribution >= 0.6 is 22.7 Å². The smallest absolute Gasteiger partial charge is 0.329 e. The van der Waals surface area contributed by atoms with Gasteiger partial charge < -0.3 is 9.71 Å². The molecule has 5 heteroatoms. The molecule has 0 saturated carbocycles. The molecule has 5 aromatic carbocycles. The van der Waals surface area contributed by atoms with E-state index in [0.717, 1.165) is 0 Å². The molecule has 2 unspecified atom stereocenters. The zero-order valence-corrected chi connectivity index (χ0v) is 35.3. The molecule has 12 rings (SSSR count). The van der Waals surface area contributed by atoms with Gasteiger partial charge in [0.05, 0.1) is 16.4 Å². The number of thiophene rings is 2. The molecule has 2 aliphatic carbocycles. The van der Waals surface area contributed by atoms with Crippen LogP contribution in [-0.4, -0.2) is 12.9 Å². The maximum absolute atomic E-state index is 2.89. The van der Waals surface area contributed by atoms with Crippen LogP contribution < -0.4 is 20.6 Å². The van der Waals surface area contributed by atoms with Crippen LogP contribution in [0.3, 0.4) is 0 Å². The minimum absolute atomic E-state index is 0.0282. The van der Waals surface area contributed by atoms with Crippen LogP contribution in [0.5, 0.6) is 0 Å². The van der Waals surface area contributed by atoms with Crippen LogP contribution in [0.2, 0.25) is 0 Å². The normalized spacial score (nSPS) is 20.9. The van der Waals surface area contributed by atoms with Crippen molar-refractivity contribution < 1.29 is 0 Å². The van der Waals surface area contributed by atoms with E-state index in [1.54, 1.807) is 0 Å². The van der Waals surface area contributed by atoms with Gasteiger partial charge in [0, 0.05) is 53.4 Å². The number of aryl methyl sites for hydroxylation is 1. The summed E-state index contributed by atoms with van der Waals surface area (Å²) in [6, 6.07) is 33.8. The van der Waals surface area contributed by atoms with E-state index in [2.05, 4.69) is 168 Å². The van der Waals surface area contributed by atoms with E-state index < -0.39 is 0 Å². The van der Waals surface area contributed by atoms with Gasteiger partial charge in [-0.2, -0.15) is 0 Å². The van der Waals surface area contributed by atoms with E-state index in [1.165, 1.54) is 115 Å². The zero-order valence-electron chi connectivity index (χ0n) is 33.7. The lowest BCUT2D eigenvalue weighted by Crippen LogP contribution is -2.67. The van der Waals surface area contributed by atoms with Crippen molar-refractivity contribution in [1.29, 1.82) is 0 Å². The SMILES string of the molecule is Cc1cc2c(cc1N1c3cc(C(C)(C)C)cc4c3B(c3ccc5c(sc6ccccc65)c31)N1c3c(sc5ccccc35)C3C=CC=C4C31)C(C)(C)CCC2(C)C. The summed E-state index contributed by atoms with van der Waals surface area (Å²) in [4.78, 5) is 7.16. The molecule has 7 aromatic rings. The number of hydrogen-bond acceptors (Lipinski definition) is 4. The van der Waals surface area contributed by atoms with Gasteiger partial charge in [-0.1, -0.05) is 127 Å². The second-order valence-corrected chi connectivity index (χ2v) is 21.7. The van der Waals surface area contributed by atoms with Gasteiger partial charge in [-0.15, -0.1) is 22.7 Å². The lowest BCUT2D eigenvalue weighted by atomic mass is 9.42. The Kier molecular flexibility index (Phi) is 6.52. The Labute approximate surface area is 339 Å². The van der Waals surface area contributed by atoms with Gasteiger partial charge in [0.25, 0.3) is 0 Å². The summed E-state index contributed by atoms with van der Waals surface area (Å²) in [6.07, 6.45) is 9.71. The van der Waals surface area contributed by atoms with Crippen molar-refractivity contribution in [3.05, 3.63) is 136 Å². The molecule has 56 heavy (non-hydrogen) atoms. The van der Waals surface area contributed by atoms with E-state index >= 15 is 0 Å². The first-order valence-electron chi connectivity index (χ1n) is 20.6. The third-order valence-electron chi connectivity index (χ3n) is 14.3. The van der Waals surface area contributed by atoms with Crippen LogP contribution in [0.25, 0.3) is 35.8 Å². The highest BCUT2D eigenvalue weighted by Gasteiger charge is 2.55. The van der Waals surface area contributed by atoms with Gasteiger partial charge in [-0.25, -0.2) is 0 Å². The minimum atomic E-state index is -0.0282. The summed E-state index contributed by atoms with van der Waals surface area (Å²) in [7, 11) is 0. The molecule has 2 atom stereocenters. The predicted octanol–water partition coefficient (Wildman–Crippen LogP) is 13.1. The molecule has 0 saturated heterocycles. The topological polar surface area (TPSA) is 6.48 Å². The second kappa shape index (κ2) is 10.9. The highest BCUT2D eigenvalue weighted by atomic mass is 32.1. The molecular weight excluding hydrogens is 716 g/mol. The van der Waals surface area contributed by atoms with Gasteiger partial charge in [-0.3, -0.25) is 0 Å². The third-order valence-corrected chi connectivity index (χ3v) is 16.8. The summed E-state index contributed by atoms with van der Waals surface area (Å²) >= 11 is 3.99. The molecular formula is C51H47BN2S2. The van der Waals surface area contributed by atoms with E-state index in [1.807, 2.05) is 22.7 Å². The van der Waals surface area contributed by atoms with Crippen LogP contribution in [0.1, 0.15) is 99.9 Å². The third kappa shape index (κ3) is 4.24. The Hall–Kier alpha value is -4.58. The molecule has 0 radical (unpaired) electrons. The molecule has 0 spiro atoms. The Morgan fingerprint density at radius 1 is 0.732 bits per heavy atom. The lowest BCUT2D eigenvalue weighted by Gasteiger charge is -2.50. The Morgan fingerprint density at radius 2 is 1.43 bits per heavy atom. The van der Waals surface area contributed by atoms with E-state index in [0.29, 0.717) is 5.92 Å². The van der Waals surface area contributed by atoms with Crippen LogP contribution in [-0.2, 0) is 16.2 Å². The van der Waals surface area contributed by atoms with Crippen molar-refractivity contribution in [2.24, 2.45) is 0 Å². The standard InChI is InChI=1S/C51H47BN2S2/c1-28-24-36-37(51(7,8)23-22-50(36,5)6)27-39(28)53-40-26-29(49(2,3)4)25-35-31-16-13-17-34-44(31)54(45-33-15-10-12-19-42(33)56-48(34)45)52(43(35)40)38-21-20-32-30-14-9-11-18-41(30)55-47(32)46(38)53/h9-21,24-27,34,44H,22-23H2,1-8H3. The van der Waals surface area contributed by atoms with E-state index in [4.69, 9.17) is 0 Å². The van der Waals surface area contributed by atoms with Crippen LogP contribution in [0.15, 0.2) is 103 Å². The fourth-order valence-electron chi connectivity index (χ4n) is 11.2. The van der Waals surface area contributed by atoms with Crippen molar-refractivity contribution in [3.8, 4) is 0 Å². The Balaban J connectivity index is 1.25. The summed E-state index contributed by atoms with van der Waals surface area (Å²) < 4.78 is 4.14. The molecule has 0 fully saturated rings. The van der Waals surface area contributed by atoms with Crippen molar-refractivity contribution >= 4 is 99.0 Å². The van der Waals surface area contributed by atoms with Crippen molar-refractivity contribution in [2.75, 3.05) is 9.71 Å². The van der Waals surface area contributed by atoms with Crippen LogP contribution in [0.4, 0.5) is 22.7 Å². The van der Waals surface area contributed by atoms with Crippen molar-refractivity contribution in [2.45, 2.75) is 96.4 Å². The molecule has 5 heterocycles. The largest absolute Gasteiger partial charge is 0.398 e. The summed E-state index contributed by atoms with van der Waals surface area (Å²) in [6.45, 7) is 19.5. The van der Waals surface area contributed by atoms with Gasteiger partial charge in [0.15, 0.2) is 0 Å². The zero-order chi connectivity index (χ0) is 38.2. The summed E-state index contributed by atoms with van der Waals surface area (Å²) in [5.41, 5.74) is 17.3. The van der Waals surface area contributed by atoms with Gasteiger partial charge in [0.2, 0.25) is 0 Å². The molecule has 0 bridgehead atoms. The van der Waals surface area contributed by atoms with Crippen LogP contribution in [0, 0.1) is 6.92 Å². The maximum atomic E-state index is 2.89. The molecule has 0 N–H and O–H groups in total. The molecule has 276 valence electrons. The number of anilines is 4. The number of fused-ring (bicyclic) bond motifs is 14. The first kappa shape index (κ1) is 33.6. The van der Waals surface area contributed by atoms with Gasteiger partial charge >= 0.3 is 6.85 Å². The fraction of sp³-hybridized carbons (Fsp3) is 0.294. The first-order chi connectivity index (χ1) is 26.8. The highest BCUT2D eigenvalue weighted by Crippen LogP contribution is 2.59. The number of rotatable bonds is 1. The number of allylic oxidation sites excluding steroid dienone is 2. The molecule has 2 nitrogen and oxygen atoms in total. The summed E-state index contributed by atoms with van der Waals surface area (Å²) in [5, 5.41) is 4.11. The summed E-state index contributed by atoms with van der Waals surface area (Å²) in [5.74, 6) is 0.334. The Morgan fingerprint density at radius 3 is 2.18 bits per heavy atom. The average molecular weight is 763 g/mol. The fourth-order valence-corrected chi connectivity index (χ4v) is 13.8. The monoisotopic (exact) mass is 762 g/mol. The predicted molar refractivity (Wildman–Crippen MR) is 246 cm³/mol. The number of nitrogens with zero attached hydrogens (tertiary/aromatic N) is 2. The lowest BCUT2D eigenvalue weighted by molar-refractivity contribution is 0.332.